The normalized spacial score (nSPS) is 19.5. The van der Waals surface area contributed by atoms with E-state index in [2.05, 4.69) is 15.1 Å². The molecule has 1 atom stereocenters. The van der Waals surface area contributed by atoms with E-state index in [9.17, 15) is 18.0 Å². The number of carbonyl (C=O) groups is 1. The number of hydrogen-bond acceptors (Lipinski definition) is 6. The van der Waals surface area contributed by atoms with Crippen molar-refractivity contribution in [2.24, 2.45) is 5.92 Å². The third-order valence-electron chi connectivity index (χ3n) is 6.40. The van der Waals surface area contributed by atoms with Crippen molar-refractivity contribution in [3.05, 3.63) is 54.4 Å². The lowest BCUT2D eigenvalue weighted by atomic mass is 9.96. The molecule has 2 saturated heterocycles. The second-order valence-corrected chi connectivity index (χ2v) is 9.54. The average molecular weight is 491 g/mol. The number of rotatable bonds is 4. The van der Waals surface area contributed by atoms with Crippen LogP contribution in [-0.4, -0.2) is 64.8 Å². The molecular weight excluding hydrogens is 465 g/mol. The van der Waals surface area contributed by atoms with Crippen molar-refractivity contribution in [2.45, 2.75) is 19.0 Å². The second kappa shape index (κ2) is 9.28. The SMILES string of the molecule is O=C([C@H]1CCCN(c2nnc(-n3cccc3)s2)C1)N1CCN(c2cccc(C(F)(F)F)c2)CC1. The highest BCUT2D eigenvalue weighted by Crippen LogP contribution is 2.32. The summed E-state index contributed by atoms with van der Waals surface area (Å²) in [4.78, 5) is 19.1. The van der Waals surface area contributed by atoms with Crippen LogP contribution >= 0.6 is 11.3 Å². The third kappa shape index (κ3) is 4.75. The number of anilines is 2. The number of nitrogens with zero attached hydrogens (tertiary/aromatic N) is 6. The Morgan fingerprint density at radius 1 is 0.941 bits per heavy atom. The van der Waals surface area contributed by atoms with E-state index < -0.39 is 11.7 Å². The first-order valence-corrected chi connectivity index (χ1v) is 12.1. The Kier molecular flexibility index (Phi) is 6.20. The van der Waals surface area contributed by atoms with Gasteiger partial charge in [0.1, 0.15) is 0 Å². The molecule has 7 nitrogen and oxygen atoms in total. The van der Waals surface area contributed by atoms with Gasteiger partial charge in [-0.1, -0.05) is 17.4 Å². The van der Waals surface area contributed by atoms with Crippen LogP contribution in [0.2, 0.25) is 0 Å². The van der Waals surface area contributed by atoms with Crippen LogP contribution in [0.4, 0.5) is 24.0 Å². The highest BCUT2D eigenvalue weighted by Gasteiger charge is 2.33. The number of carbonyl (C=O) groups excluding carboxylic acids is 1. The van der Waals surface area contributed by atoms with Gasteiger partial charge in [-0.15, -0.1) is 10.2 Å². The van der Waals surface area contributed by atoms with E-state index in [4.69, 9.17) is 0 Å². The first-order chi connectivity index (χ1) is 16.4. The summed E-state index contributed by atoms with van der Waals surface area (Å²) in [5.74, 6) is -0.00340. The van der Waals surface area contributed by atoms with Gasteiger partial charge < -0.3 is 14.7 Å². The molecule has 0 unspecified atom stereocenters. The van der Waals surface area contributed by atoms with Crippen LogP contribution in [-0.2, 0) is 11.0 Å². The summed E-state index contributed by atoms with van der Waals surface area (Å²) in [6, 6.07) is 9.25. The minimum absolute atomic E-state index is 0.114. The van der Waals surface area contributed by atoms with Crippen molar-refractivity contribution in [3.63, 3.8) is 0 Å². The van der Waals surface area contributed by atoms with Crippen molar-refractivity contribution in [2.75, 3.05) is 49.1 Å². The predicted octanol–water partition coefficient (Wildman–Crippen LogP) is 3.91. The molecule has 0 bridgehead atoms. The van der Waals surface area contributed by atoms with Gasteiger partial charge in [-0.3, -0.25) is 9.36 Å². The van der Waals surface area contributed by atoms with Gasteiger partial charge in [0.05, 0.1) is 11.5 Å². The van der Waals surface area contributed by atoms with Crippen molar-refractivity contribution in [1.82, 2.24) is 19.7 Å². The number of piperazine rings is 1. The average Bonchev–Trinajstić information content (AvgIpc) is 3.56. The molecule has 2 aromatic heterocycles. The van der Waals surface area contributed by atoms with Gasteiger partial charge in [-0.2, -0.15) is 13.2 Å². The van der Waals surface area contributed by atoms with E-state index >= 15 is 0 Å². The maximum Gasteiger partial charge on any atom is 0.416 e. The number of benzene rings is 1. The minimum atomic E-state index is -4.36. The molecule has 2 aliphatic rings. The monoisotopic (exact) mass is 490 g/mol. The molecule has 2 fully saturated rings. The Hall–Kier alpha value is -3.08. The molecular formula is C23H25F3N6OS. The number of hydrogen-bond donors (Lipinski definition) is 0. The van der Waals surface area contributed by atoms with Gasteiger partial charge in [0, 0.05) is 57.3 Å². The summed E-state index contributed by atoms with van der Waals surface area (Å²) in [7, 11) is 0. The summed E-state index contributed by atoms with van der Waals surface area (Å²) in [5.41, 5.74) is -0.108. The van der Waals surface area contributed by atoms with Gasteiger partial charge in [-0.05, 0) is 43.2 Å². The van der Waals surface area contributed by atoms with Gasteiger partial charge in [0.15, 0.2) is 0 Å². The quantitative estimate of drug-likeness (QED) is 0.555. The Morgan fingerprint density at radius 2 is 1.68 bits per heavy atom. The minimum Gasteiger partial charge on any atom is -0.368 e. The highest BCUT2D eigenvalue weighted by atomic mass is 32.1. The maximum atomic E-state index is 13.2. The first kappa shape index (κ1) is 22.7. The molecule has 4 heterocycles. The standard InChI is InChI=1S/C23H25F3N6OS/c24-23(25,26)18-6-3-7-19(15-18)29-11-13-30(14-12-29)20(33)17-5-4-10-32(16-17)22-28-27-21(34-22)31-8-1-2-9-31/h1-3,6-9,15,17H,4-5,10-14,16H2/t17-/m0/s1. The molecule has 34 heavy (non-hydrogen) atoms. The zero-order chi connectivity index (χ0) is 23.7. The van der Waals surface area contributed by atoms with Gasteiger partial charge in [0.25, 0.3) is 0 Å². The molecule has 0 radical (unpaired) electrons. The second-order valence-electron chi connectivity index (χ2n) is 8.60. The molecule has 1 amide bonds. The van der Waals surface area contributed by atoms with Crippen LogP contribution in [0.3, 0.4) is 0 Å². The van der Waals surface area contributed by atoms with E-state index in [0.29, 0.717) is 38.4 Å². The van der Waals surface area contributed by atoms with Crippen molar-refractivity contribution >= 4 is 28.1 Å². The fourth-order valence-electron chi connectivity index (χ4n) is 4.58. The van der Waals surface area contributed by atoms with E-state index in [1.165, 1.54) is 23.5 Å². The van der Waals surface area contributed by atoms with E-state index in [1.807, 2.05) is 38.9 Å². The molecule has 2 aliphatic heterocycles. The zero-order valence-electron chi connectivity index (χ0n) is 18.5. The Labute approximate surface area is 199 Å². The zero-order valence-corrected chi connectivity index (χ0v) is 19.3. The van der Waals surface area contributed by atoms with Gasteiger partial charge >= 0.3 is 6.18 Å². The fraction of sp³-hybridized carbons (Fsp3) is 0.435. The first-order valence-electron chi connectivity index (χ1n) is 11.3. The third-order valence-corrected chi connectivity index (χ3v) is 7.40. The molecule has 0 spiro atoms. The van der Waals surface area contributed by atoms with Crippen LogP contribution in [0.1, 0.15) is 18.4 Å². The van der Waals surface area contributed by atoms with Gasteiger partial charge in [-0.25, -0.2) is 0 Å². The van der Waals surface area contributed by atoms with Crippen LogP contribution in [0.5, 0.6) is 0 Å². The predicted molar refractivity (Wildman–Crippen MR) is 124 cm³/mol. The molecule has 5 rings (SSSR count). The number of amides is 1. The smallest absolute Gasteiger partial charge is 0.368 e. The Morgan fingerprint density at radius 3 is 2.41 bits per heavy atom. The fourth-order valence-corrected chi connectivity index (χ4v) is 5.43. The van der Waals surface area contributed by atoms with Crippen molar-refractivity contribution in [3.8, 4) is 5.13 Å². The summed E-state index contributed by atoms with van der Waals surface area (Å²) in [6.07, 6.45) is 1.21. The lowest BCUT2D eigenvalue weighted by Gasteiger charge is -2.39. The summed E-state index contributed by atoms with van der Waals surface area (Å²) in [5, 5.41) is 10.2. The molecule has 0 saturated carbocycles. The Bertz CT molecular complexity index is 1120. The molecule has 0 aliphatic carbocycles. The van der Waals surface area contributed by atoms with Crippen LogP contribution in [0.25, 0.3) is 5.13 Å². The summed E-state index contributed by atoms with van der Waals surface area (Å²) in [6.45, 7) is 3.48. The van der Waals surface area contributed by atoms with Crippen molar-refractivity contribution < 1.29 is 18.0 Å². The summed E-state index contributed by atoms with van der Waals surface area (Å²) >= 11 is 1.50. The van der Waals surface area contributed by atoms with Crippen LogP contribution in [0.15, 0.2) is 48.8 Å². The molecule has 11 heteroatoms. The van der Waals surface area contributed by atoms with E-state index in [0.717, 1.165) is 35.7 Å². The molecule has 180 valence electrons. The summed E-state index contributed by atoms with van der Waals surface area (Å²) < 4.78 is 41.1. The number of aromatic nitrogens is 3. The molecule has 1 aromatic carbocycles. The number of halogens is 3. The molecule has 3 aromatic rings. The van der Waals surface area contributed by atoms with Gasteiger partial charge in [0.2, 0.25) is 16.2 Å². The largest absolute Gasteiger partial charge is 0.416 e. The molecule has 0 N–H and O–H groups in total. The maximum absolute atomic E-state index is 13.2. The van der Waals surface area contributed by atoms with Crippen LogP contribution in [0, 0.1) is 5.92 Å². The lowest BCUT2D eigenvalue weighted by molar-refractivity contribution is -0.137. The number of piperidine rings is 1. The topological polar surface area (TPSA) is 57.5 Å². The van der Waals surface area contributed by atoms with Crippen molar-refractivity contribution in [1.29, 1.82) is 0 Å². The Balaban J connectivity index is 1.19. The van der Waals surface area contributed by atoms with Crippen LogP contribution < -0.4 is 9.80 Å². The van der Waals surface area contributed by atoms with E-state index in [-0.39, 0.29) is 11.8 Å². The number of alkyl halides is 3. The lowest BCUT2D eigenvalue weighted by Crippen LogP contribution is -2.52. The highest BCUT2D eigenvalue weighted by molar-refractivity contribution is 7.17. The van der Waals surface area contributed by atoms with E-state index in [1.54, 1.807) is 6.07 Å².